The van der Waals surface area contributed by atoms with Crippen LogP contribution in [-0.4, -0.2) is 4.98 Å². The Balaban J connectivity index is 2.51. The zero-order chi connectivity index (χ0) is 8.39. The van der Waals surface area contributed by atoms with E-state index in [1.165, 1.54) is 14.8 Å². The number of halogens is 1. The highest BCUT2D eigenvalue weighted by Crippen LogP contribution is 2.22. The van der Waals surface area contributed by atoms with Gasteiger partial charge in [0.1, 0.15) is 0 Å². The van der Waals surface area contributed by atoms with Gasteiger partial charge in [-0.05, 0) is 34.2 Å². The van der Waals surface area contributed by atoms with Gasteiger partial charge in [0.05, 0.1) is 5.69 Å². The second-order valence-electron chi connectivity index (χ2n) is 2.57. The Hall–Kier alpha value is -0.770. The van der Waals surface area contributed by atoms with E-state index in [2.05, 4.69) is 45.8 Å². The molecule has 2 heteroatoms. The average molecular weight is 269 g/mol. The third-order valence-corrected chi connectivity index (χ3v) is 2.66. The second kappa shape index (κ2) is 3.31. The van der Waals surface area contributed by atoms with Crippen LogP contribution < -0.4 is 0 Å². The molecule has 0 aliphatic rings. The molecule has 0 amide bonds. The summed E-state index contributed by atoms with van der Waals surface area (Å²) in [5.74, 6) is 0. The first-order valence-corrected chi connectivity index (χ1v) is 4.84. The van der Waals surface area contributed by atoms with Gasteiger partial charge in [-0.15, -0.1) is 0 Å². The molecule has 12 heavy (non-hydrogen) atoms. The Bertz CT molecular complexity index is 364. The van der Waals surface area contributed by atoms with Crippen molar-refractivity contribution in [2.45, 2.75) is 0 Å². The standard InChI is InChI=1S/C10H8IN/c11-9-6-7-12-10(9)8-4-2-1-3-5-8/h1-7,12H. The molecule has 60 valence electrons. The van der Waals surface area contributed by atoms with Crippen LogP contribution in [0.25, 0.3) is 11.3 Å². The Morgan fingerprint density at radius 3 is 2.33 bits per heavy atom. The van der Waals surface area contributed by atoms with Crippen molar-refractivity contribution >= 4 is 22.6 Å². The van der Waals surface area contributed by atoms with Gasteiger partial charge in [-0.2, -0.15) is 0 Å². The van der Waals surface area contributed by atoms with E-state index < -0.39 is 0 Å². The molecule has 2 aromatic rings. The van der Waals surface area contributed by atoms with Gasteiger partial charge >= 0.3 is 0 Å². The average Bonchev–Trinajstić information content (AvgIpc) is 2.53. The van der Waals surface area contributed by atoms with Crippen molar-refractivity contribution in [2.75, 3.05) is 0 Å². The van der Waals surface area contributed by atoms with Crippen LogP contribution in [0.15, 0.2) is 42.6 Å². The molecular formula is C10H8IN. The third-order valence-electron chi connectivity index (χ3n) is 1.76. The maximum atomic E-state index is 3.21. The molecule has 1 heterocycles. The molecule has 1 aromatic heterocycles. The summed E-state index contributed by atoms with van der Waals surface area (Å²) in [5.41, 5.74) is 2.45. The minimum atomic E-state index is 1.20. The van der Waals surface area contributed by atoms with Crippen LogP contribution in [0.2, 0.25) is 0 Å². The van der Waals surface area contributed by atoms with Crippen molar-refractivity contribution < 1.29 is 0 Å². The van der Waals surface area contributed by atoms with E-state index in [1.54, 1.807) is 0 Å². The van der Waals surface area contributed by atoms with Crippen molar-refractivity contribution in [2.24, 2.45) is 0 Å². The number of nitrogens with one attached hydrogen (secondary N) is 1. The molecule has 0 saturated heterocycles. The Labute approximate surface area is 85.0 Å². The fourth-order valence-corrected chi connectivity index (χ4v) is 1.82. The Kier molecular flexibility index (Phi) is 2.17. The minimum Gasteiger partial charge on any atom is -0.360 e. The maximum absolute atomic E-state index is 3.21. The van der Waals surface area contributed by atoms with Crippen LogP contribution >= 0.6 is 22.6 Å². The van der Waals surface area contributed by atoms with E-state index in [1.807, 2.05) is 24.4 Å². The SMILES string of the molecule is Ic1cc[nH]c1-c1ccccc1. The van der Waals surface area contributed by atoms with Crippen molar-refractivity contribution in [3.8, 4) is 11.3 Å². The van der Waals surface area contributed by atoms with Crippen LogP contribution in [0, 0.1) is 3.57 Å². The van der Waals surface area contributed by atoms with Gasteiger partial charge in [-0.3, -0.25) is 0 Å². The summed E-state index contributed by atoms with van der Waals surface area (Å²) in [7, 11) is 0. The molecule has 0 radical (unpaired) electrons. The molecule has 0 unspecified atom stereocenters. The highest BCUT2D eigenvalue weighted by molar-refractivity contribution is 14.1. The molecule has 0 aliphatic heterocycles. The number of hydrogen-bond donors (Lipinski definition) is 1. The second-order valence-corrected chi connectivity index (χ2v) is 3.73. The summed E-state index contributed by atoms with van der Waals surface area (Å²) < 4.78 is 1.26. The van der Waals surface area contributed by atoms with Crippen molar-refractivity contribution in [1.29, 1.82) is 0 Å². The number of H-pyrrole nitrogens is 1. The quantitative estimate of drug-likeness (QED) is 0.764. The van der Waals surface area contributed by atoms with E-state index in [4.69, 9.17) is 0 Å². The van der Waals surface area contributed by atoms with Crippen LogP contribution in [-0.2, 0) is 0 Å². The van der Waals surface area contributed by atoms with E-state index >= 15 is 0 Å². The molecule has 0 bridgehead atoms. The van der Waals surface area contributed by atoms with Crippen molar-refractivity contribution in [3.05, 3.63) is 46.2 Å². The Morgan fingerprint density at radius 1 is 1.00 bits per heavy atom. The lowest BCUT2D eigenvalue weighted by Gasteiger charge is -1.97. The van der Waals surface area contributed by atoms with Gasteiger partial charge in [0.2, 0.25) is 0 Å². The lowest BCUT2D eigenvalue weighted by molar-refractivity contribution is 1.40. The predicted octanol–water partition coefficient (Wildman–Crippen LogP) is 3.29. The van der Waals surface area contributed by atoms with Gasteiger partial charge in [-0.1, -0.05) is 30.3 Å². The number of aromatic nitrogens is 1. The summed E-state index contributed by atoms with van der Waals surface area (Å²) in [6, 6.07) is 12.4. The zero-order valence-electron chi connectivity index (χ0n) is 6.42. The first-order chi connectivity index (χ1) is 5.88. The van der Waals surface area contributed by atoms with Crippen molar-refractivity contribution in [3.63, 3.8) is 0 Å². The summed E-state index contributed by atoms with van der Waals surface area (Å²) in [5, 5.41) is 0. The molecule has 1 N–H and O–H groups in total. The van der Waals surface area contributed by atoms with Gasteiger partial charge < -0.3 is 4.98 Å². The fourth-order valence-electron chi connectivity index (χ4n) is 1.18. The molecule has 1 aromatic carbocycles. The van der Waals surface area contributed by atoms with E-state index in [0.29, 0.717) is 0 Å². The van der Waals surface area contributed by atoms with Gasteiger partial charge in [-0.25, -0.2) is 0 Å². The molecule has 0 spiro atoms. The smallest absolute Gasteiger partial charge is 0.0589 e. The van der Waals surface area contributed by atoms with Gasteiger partial charge in [0.25, 0.3) is 0 Å². The summed E-state index contributed by atoms with van der Waals surface area (Å²) in [4.78, 5) is 3.21. The lowest BCUT2D eigenvalue weighted by Crippen LogP contribution is -1.77. The number of aromatic amines is 1. The summed E-state index contributed by atoms with van der Waals surface area (Å²) in [6.07, 6.45) is 1.96. The largest absolute Gasteiger partial charge is 0.360 e. The maximum Gasteiger partial charge on any atom is 0.0589 e. The number of rotatable bonds is 1. The van der Waals surface area contributed by atoms with Gasteiger partial charge in [0.15, 0.2) is 0 Å². The van der Waals surface area contributed by atoms with E-state index in [-0.39, 0.29) is 0 Å². The number of benzene rings is 1. The minimum absolute atomic E-state index is 1.20. The highest BCUT2D eigenvalue weighted by Gasteiger charge is 2.01. The molecular weight excluding hydrogens is 261 g/mol. The van der Waals surface area contributed by atoms with Crippen LogP contribution in [0.5, 0.6) is 0 Å². The predicted molar refractivity (Wildman–Crippen MR) is 58.9 cm³/mol. The first kappa shape index (κ1) is 7.86. The molecule has 0 aliphatic carbocycles. The normalized spacial score (nSPS) is 10.1. The van der Waals surface area contributed by atoms with E-state index in [9.17, 15) is 0 Å². The molecule has 1 nitrogen and oxygen atoms in total. The molecule has 0 atom stereocenters. The summed E-state index contributed by atoms with van der Waals surface area (Å²) in [6.45, 7) is 0. The zero-order valence-corrected chi connectivity index (χ0v) is 8.58. The lowest BCUT2D eigenvalue weighted by atomic mass is 10.2. The third kappa shape index (κ3) is 1.39. The highest BCUT2D eigenvalue weighted by atomic mass is 127. The van der Waals surface area contributed by atoms with Crippen LogP contribution in [0.1, 0.15) is 0 Å². The van der Waals surface area contributed by atoms with Crippen LogP contribution in [0.4, 0.5) is 0 Å². The Morgan fingerprint density at radius 2 is 1.75 bits per heavy atom. The molecule has 0 saturated carbocycles. The molecule has 2 rings (SSSR count). The monoisotopic (exact) mass is 269 g/mol. The fraction of sp³-hybridized carbons (Fsp3) is 0. The summed E-state index contributed by atoms with van der Waals surface area (Å²) >= 11 is 2.33. The first-order valence-electron chi connectivity index (χ1n) is 3.76. The number of hydrogen-bond acceptors (Lipinski definition) is 0. The molecule has 0 fully saturated rings. The van der Waals surface area contributed by atoms with E-state index in [0.717, 1.165) is 0 Å². The van der Waals surface area contributed by atoms with Crippen LogP contribution in [0.3, 0.4) is 0 Å². The van der Waals surface area contributed by atoms with Crippen molar-refractivity contribution in [1.82, 2.24) is 4.98 Å². The van der Waals surface area contributed by atoms with Gasteiger partial charge in [0, 0.05) is 9.77 Å². The topological polar surface area (TPSA) is 15.8 Å².